The van der Waals surface area contributed by atoms with Gasteiger partial charge in [0.05, 0.1) is 20.3 Å². The molecule has 0 saturated carbocycles. The zero-order valence-electron chi connectivity index (χ0n) is 12.4. The number of hydrogen-bond acceptors (Lipinski definition) is 4. The molecule has 0 atom stereocenters. The monoisotopic (exact) mass is 265 g/mol. The quantitative estimate of drug-likeness (QED) is 0.740. The van der Waals surface area contributed by atoms with E-state index in [1.165, 1.54) is 5.56 Å². The lowest BCUT2D eigenvalue weighted by atomic mass is 10.0. The van der Waals surface area contributed by atoms with Gasteiger partial charge in [-0.25, -0.2) is 0 Å². The van der Waals surface area contributed by atoms with Gasteiger partial charge in [0.25, 0.3) is 0 Å². The van der Waals surface area contributed by atoms with Crippen molar-refractivity contribution in [1.29, 1.82) is 0 Å². The molecular formula is C15H23NO3. The van der Waals surface area contributed by atoms with E-state index in [9.17, 15) is 4.79 Å². The summed E-state index contributed by atoms with van der Waals surface area (Å²) in [7, 11) is 3.59. The molecule has 1 aromatic carbocycles. The summed E-state index contributed by atoms with van der Waals surface area (Å²) in [4.78, 5) is 13.4. The largest absolute Gasteiger partial charge is 0.496 e. The number of ether oxygens (including phenoxy) is 2. The highest BCUT2D eigenvalue weighted by Gasteiger charge is 2.10. The summed E-state index contributed by atoms with van der Waals surface area (Å²) in [5.74, 6) is 0.710. The number of methoxy groups -OCH3 is 1. The molecule has 4 nitrogen and oxygen atoms in total. The van der Waals surface area contributed by atoms with Crippen molar-refractivity contribution in [2.24, 2.45) is 0 Å². The SMILES string of the molecule is CCOC(=O)CN(C)Cc1cc(C)c(OC)cc1C. The molecule has 0 aliphatic carbocycles. The fourth-order valence-corrected chi connectivity index (χ4v) is 2.01. The fraction of sp³-hybridized carbons (Fsp3) is 0.533. The van der Waals surface area contributed by atoms with Crippen LogP contribution >= 0.6 is 0 Å². The summed E-state index contributed by atoms with van der Waals surface area (Å²) in [5, 5.41) is 0. The molecule has 0 bridgehead atoms. The van der Waals surface area contributed by atoms with Gasteiger partial charge in [0.15, 0.2) is 0 Å². The lowest BCUT2D eigenvalue weighted by Crippen LogP contribution is -2.27. The van der Waals surface area contributed by atoms with Gasteiger partial charge in [-0.3, -0.25) is 9.69 Å². The van der Waals surface area contributed by atoms with Gasteiger partial charge in [0, 0.05) is 6.54 Å². The smallest absolute Gasteiger partial charge is 0.320 e. The molecule has 0 aromatic heterocycles. The Labute approximate surface area is 115 Å². The molecule has 0 spiro atoms. The van der Waals surface area contributed by atoms with E-state index >= 15 is 0 Å². The predicted molar refractivity (Wildman–Crippen MR) is 75.4 cm³/mol. The minimum atomic E-state index is -0.187. The molecule has 0 heterocycles. The molecule has 4 heteroatoms. The average molecular weight is 265 g/mol. The maximum Gasteiger partial charge on any atom is 0.320 e. The number of esters is 1. The van der Waals surface area contributed by atoms with Gasteiger partial charge >= 0.3 is 5.97 Å². The molecule has 0 saturated heterocycles. The highest BCUT2D eigenvalue weighted by Crippen LogP contribution is 2.23. The first-order valence-corrected chi connectivity index (χ1v) is 6.46. The summed E-state index contributed by atoms with van der Waals surface area (Å²) in [6.07, 6.45) is 0. The lowest BCUT2D eigenvalue weighted by Gasteiger charge is -2.18. The van der Waals surface area contributed by atoms with Gasteiger partial charge < -0.3 is 9.47 Å². The Morgan fingerprint density at radius 1 is 1.26 bits per heavy atom. The van der Waals surface area contributed by atoms with Crippen LogP contribution in [0.25, 0.3) is 0 Å². The van der Waals surface area contributed by atoms with Gasteiger partial charge in [-0.2, -0.15) is 0 Å². The molecule has 0 unspecified atom stereocenters. The third kappa shape index (κ3) is 4.56. The van der Waals surface area contributed by atoms with Crippen molar-refractivity contribution in [2.45, 2.75) is 27.3 Å². The number of likely N-dealkylation sites (N-methyl/N-ethyl adjacent to an activating group) is 1. The maximum absolute atomic E-state index is 11.4. The molecule has 1 rings (SSSR count). The molecule has 106 valence electrons. The van der Waals surface area contributed by atoms with E-state index in [2.05, 4.69) is 13.0 Å². The van der Waals surface area contributed by atoms with Crippen LogP contribution < -0.4 is 4.74 Å². The third-order valence-corrected chi connectivity index (χ3v) is 3.00. The summed E-state index contributed by atoms with van der Waals surface area (Å²) >= 11 is 0. The highest BCUT2D eigenvalue weighted by molar-refractivity contribution is 5.71. The number of carbonyl (C=O) groups excluding carboxylic acids is 1. The van der Waals surface area contributed by atoms with Crippen LogP contribution in [0.1, 0.15) is 23.6 Å². The van der Waals surface area contributed by atoms with E-state index in [-0.39, 0.29) is 5.97 Å². The summed E-state index contributed by atoms with van der Waals surface area (Å²) < 4.78 is 10.2. The molecule has 0 aliphatic rings. The van der Waals surface area contributed by atoms with Gasteiger partial charge in [0.2, 0.25) is 0 Å². The molecule has 0 fully saturated rings. The fourth-order valence-electron chi connectivity index (χ4n) is 2.01. The Morgan fingerprint density at radius 3 is 2.53 bits per heavy atom. The normalized spacial score (nSPS) is 10.6. The Morgan fingerprint density at radius 2 is 1.95 bits per heavy atom. The second kappa shape index (κ2) is 7.14. The first-order valence-electron chi connectivity index (χ1n) is 6.46. The summed E-state index contributed by atoms with van der Waals surface area (Å²) in [6.45, 7) is 7.33. The maximum atomic E-state index is 11.4. The van der Waals surface area contributed by atoms with E-state index < -0.39 is 0 Å². The van der Waals surface area contributed by atoms with Crippen molar-refractivity contribution in [3.8, 4) is 5.75 Å². The van der Waals surface area contributed by atoms with Crippen LogP contribution in [0.2, 0.25) is 0 Å². The Balaban J connectivity index is 2.71. The molecule has 0 aliphatic heterocycles. The van der Waals surface area contributed by atoms with Gasteiger partial charge in [0.1, 0.15) is 5.75 Å². The summed E-state index contributed by atoms with van der Waals surface area (Å²) in [6, 6.07) is 4.14. The minimum absolute atomic E-state index is 0.187. The molecular weight excluding hydrogens is 242 g/mol. The van der Waals surface area contributed by atoms with E-state index in [1.807, 2.05) is 31.9 Å². The number of hydrogen-bond donors (Lipinski definition) is 0. The Hall–Kier alpha value is -1.55. The van der Waals surface area contributed by atoms with E-state index in [1.54, 1.807) is 7.11 Å². The van der Waals surface area contributed by atoms with Crippen LogP contribution in [0.15, 0.2) is 12.1 Å². The van der Waals surface area contributed by atoms with Gasteiger partial charge in [-0.15, -0.1) is 0 Å². The van der Waals surface area contributed by atoms with Crippen LogP contribution in [0.5, 0.6) is 5.75 Å². The van der Waals surface area contributed by atoms with Crippen molar-refractivity contribution < 1.29 is 14.3 Å². The Kier molecular flexibility index (Phi) is 5.83. The van der Waals surface area contributed by atoms with Gasteiger partial charge in [-0.05, 0) is 50.6 Å². The zero-order valence-corrected chi connectivity index (χ0v) is 12.4. The number of rotatable bonds is 6. The van der Waals surface area contributed by atoms with E-state index in [4.69, 9.17) is 9.47 Å². The third-order valence-electron chi connectivity index (χ3n) is 3.00. The standard InChI is InChI=1S/C15H23NO3/c1-6-19-15(17)10-16(4)9-13-7-12(3)14(18-5)8-11(13)2/h7-8H,6,9-10H2,1-5H3. The lowest BCUT2D eigenvalue weighted by molar-refractivity contribution is -0.144. The first kappa shape index (κ1) is 15.5. The second-order valence-electron chi connectivity index (χ2n) is 4.73. The van der Waals surface area contributed by atoms with Crippen molar-refractivity contribution in [3.05, 3.63) is 28.8 Å². The number of carbonyl (C=O) groups is 1. The minimum Gasteiger partial charge on any atom is -0.496 e. The van der Waals surface area contributed by atoms with Crippen LogP contribution in [-0.4, -0.2) is 38.2 Å². The van der Waals surface area contributed by atoms with Crippen LogP contribution in [0.4, 0.5) is 0 Å². The topological polar surface area (TPSA) is 38.8 Å². The van der Waals surface area contributed by atoms with Crippen molar-refractivity contribution in [3.63, 3.8) is 0 Å². The van der Waals surface area contributed by atoms with Crippen molar-refractivity contribution in [1.82, 2.24) is 4.90 Å². The zero-order chi connectivity index (χ0) is 14.4. The number of benzene rings is 1. The number of nitrogens with zero attached hydrogens (tertiary/aromatic N) is 1. The van der Waals surface area contributed by atoms with Crippen LogP contribution in [0.3, 0.4) is 0 Å². The van der Waals surface area contributed by atoms with Crippen molar-refractivity contribution in [2.75, 3.05) is 27.3 Å². The average Bonchev–Trinajstić information content (AvgIpc) is 2.33. The van der Waals surface area contributed by atoms with Crippen LogP contribution in [-0.2, 0) is 16.1 Å². The van der Waals surface area contributed by atoms with Gasteiger partial charge in [-0.1, -0.05) is 6.07 Å². The molecule has 0 radical (unpaired) electrons. The summed E-state index contributed by atoms with van der Waals surface area (Å²) in [5.41, 5.74) is 3.47. The highest BCUT2D eigenvalue weighted by atomic mass is 16.5. The number of aryl methyl sites for hydroxylation is 2. The second-order valence-corrected chi connectivity index (χ2v) is 4.73. The first-order chi connectivity index (χ1) is 8.97. The molecule has 19 heavy (non-hydrogen) atoms. The molecule has 1 aromatic rings. The molecule has 0 N–H and O–H groups in total. The van der Waals surface area contributed by atoms with E-state index in [0.717, 1.165) is 23.4 Å². The Bertz CT molecular complexity index is 443. The van der Waals surface area contributed by atoms with E-state index in [0.29, 0.717) is 13.2 Å². The molecule has 0 amide bonds. The van der Waals surface area contributed by atoms with Crippen LogP contribution in [0, 0.1) is 13.8 Å². The van der Waals surface area contributed by atoms with Crippen molar-refractivity contribution >= 4 is 5.97 Å². The predicted octanol–water partition coefficient (Wildman–Crippen LogP) is 2.31.